The Kier molecular flexibility index (Phi) is 6.22. The molecule has 0 unspecified atom stereocenters. The van der Waals surface area contributed by atoms with Crippen LogP contribution in [0.5, 0.6) is 6.01 Å². The van der Waals surface area contributed by atoms with Crippen LogP contribution >= 0.6 is 0 Å². The minimum atomic E-state index is 0.0990. The molecule has 1 rings (SSSR count). The Morgan fingerprint density at radius 1 is 1.26 bits per heavy atom. The van der Waals surface area contributed by atoms with Gasteiger partial charge in [-0.1, -0.05) is 19.8 Å². The van der Waals surface area contributed by atoms with E-state index in [4.69, 9.17) is 4.74 Å². The minimum absolute atomic E-state index is 0.0990. The summed E-state index contributed by atoms with van der Waals surface area (Å²) in [7, 11) is 0. The van der Waals surface area contributed by atoms with E-state index in [1.807, 2.05) is 13.1 Å². The van der Waals surface area contributed by atoms with Gasteiger partial charge in [0.2, 0.25) is 0 Å². The molecular weight excluding hydrogens is 238 g/mol. The standard InChI is InChI=1S/C15H27N3O/c1-6-7-8-9-19-14-16-10-13(12(2)18-14)11-17-15(3,4)5/h10,17H,6-9,11H2,1-5H3. The predicted octanol–water partition coefficient (Wildman–Crippen LogP) is 3.24. The molecule has 4 nitrogen and oxygen atoms in total. The van der Waals surface area contributed by atoms with Crippen LogP contribution in [0.2, 0.25) is 0 Å². The summed E-state index contributed by atoms with van der Waals surface area (Å²) in [5.74, 6) is 0. The minimum Gasteiger partial charge on any atom is -0.463 e. The van der Waals surface area contributed by atoms with Crippen molar-refractivity contribution in [3.8, 4) is 6.01 Å². The zero-order valence-corrected chi connectivity index (χ0v) is 12.9. The van der Waals surface area contributed by atoms with Crippen molar-refractivity contribution in [1.82, 2.24) is 15.3 Å². The van der Waals surface area contributed by atoms with E-state index >= 15 is 0 Å². The smallest absolute Gasteiger partial charge is 0.316 e. The van der Waals surface area contributed by atoms with Gasteiger partial charge in [-0.25, -0.2) is 9.97 Å². The molecule has 0 saturated carbocycles. The van der Waals surface area contributed by atoms with E-state index < -0.39 is 0 Å². The zero-order valence-electron chi connectivity index (χ0n) is 12.9. The lowest BCUT2D eigenvalue weighted by Gasteiger charge is -2.20. The van der Waals surface area contributed by atoms with Crippen molar-refractivity contribution in [3.63, 3.8) is 0 Å². The fourth-order valence-corrected chi connectivity index (χ4v) is 1.59. The van der Waals surface area contributed by atoms with Crippen molar-refractivity contribution in [3.05, 3.63) is 17.5 Å². The second kappa shape index (κ2) is 7.43. The first-order chi connectivity index (χ1) is 8.92. The maximum absolute atomic E-state index is 5.55. The van der Waals surface area contributed by atoms with Gasteiger partial charge in [-0.15, -0.1) is 0 Å². The first kappa shape index (κ1) is 15.9. The number of ether oxygens (including phenoxy) is 1. The average molecular weight is 265 g/mol. The molecule has 0 aliphatic carbocycles. The highest BCUT2D eigenvalue weighted by Crippen LogP contribution is 2.11. The Labute approximate surface area is 117 Å². The van der Waals surface area contributed by atoms with Crippen LogP contribution in [0.4, 0.5) is 0 Å². The summed E-state index contributed by atoms with van der Waals surface area (Å²) >= 11 is 0. The van der Waals surface area contributed by atoms with Crippen molar-refractivity contribution in [1.29, 1.82) is 0 Å². The maximum Gasteiger partial charge on any atom is 0.316 e. The number of aromatic nitrogens is 2. The van der Waals surface area contributed by atoms with Crippen LogP contribution in [0.3, 0.4) is 0 Å². The lowest BCUT2D eigenvalue weighted by atomic mass is 10.1. The molecule has 0 aromatic carbocycles. The molecule has 1 aromatic heterocycles. The molecule has 1 heterocycles. The zero-order chi connectivity index (χ0) is 14.3. The predicted molar refractivity (Wildman–Crippen MR) is 78.4 cm³/mol. The van der Waals surface area contributed by atoms with Crippen LogP contribution in [0.1, 0.15) is 58.2 Å². The van der Waals surface area contributed by atoms with Gasteiger partial charge in [0.05, 0.1) is 6.61 Å². The van der Waals surface area contributed by atoms with Gasteiger partial charge in [-0.05, 0) is 34.1 Å². The molecule has 19 heavy (non-hydrogen) atoms. The van der Waals surface area contributed by atoms with Crippen molar-refractivity contribution in [2.75, 3.05) is 6.61 Å². The lowest BCUT2D eigenvalue weighted by Crippen LogP contribution is -2.35. The summed E-state index contributed by atoms with van der Waals surface area (Å²) in [6.45, 7) is 12.1. The van der Waals surface area contributed by atoms with E-state index in [-0.39, 0.29) is 5.54 Å². The Bertz CT molecular complexity index is 385. The number of rotatable bonds is 7. The highest BCUT2D eigenvalue weighted by molar-refractivity contribution is 5.17. The molecule has 0 aliphatic heterocycles. The van der Waals surface area contributed by atoms with Gasteiger partial charge in [-0.3, -0.25) is 0 Å². The van der Waals surface area contributed by atoms with Gasteiger partial charge in [0.25, 0.3) is 0 Å². The molecule has 1 aromatic rings. The number of nitrogens with one attached hydrogen (secondary N) is 1. The third-order valence-corrected chi connectivity index (χ3v) is 2.85. The number of hydrogen-bond acceptors (Lipinski definition) is 4. The molecule has 0 fully saturated rings. The van der Waals surface area contributed by atoms with Crippen LogP contribution in [0.15, 0.2) is 6.20 Å². The molecular formula is C15H27N3O. The lowest BCUT2D eigenvalue weighted by molar-refractivity contribution is 0.281. The van der Waals surface area contributed by atoms with Gasteiger partial charge in [0.15, 0.2) is 0 Å². The molecule has 0 radical (unpaired) electrons. The van der Waals surface area contributed by atoms with E-state index in [1.165, 1.54) is 12.8 Å². The average Bonchev–Trinajstić information content (AvgIpc) is 2.32. The molecule has 0 spiro atoms. The first-order valence-corrected chi connectivity index (χ1v) is 7.12. The number of nitrogens with zero attached hydrogens (tertiary/aromatic N) is 2. The quantitative estimate of drug-likeness (QED) is 0.769. The SMILES string of the molecule is CCCCCOc1ncc(CNC(C)(C)C)c(C)n1. The van der Waals surface area contributed by atoms with E-state index in [9.17, 15) is 0 Å². The molecule has 0 saturated heterocycles. The molecule has 0 atom stereocenters. The van der Waals surface area contributed by atoms with Crippen LogP contribution in [-0.4, -0.2) is 22.1 Å². The summed E-state index contributed by atoms with van der Waals surface area (Å²) in [6, 6.07) is 0.494. The van der Waals surface area contributed by atoms with Gasteiger partial charge in [-0.2, -0.15) is 0 Å². The second-order valence-electron chi connectivity index (χ2n) is 5.92. The van der Waals surface area contributed by atoms with Gasteiger partial charge in [0, 0.05) is 29.5 Å². The highest BCUT2D eigenvalue weighted by Gasteiger charge is 2.10. The summed E-state index contributed by atoms with van der Waals surface area (Å²) in [5.41, 5.74) is 2.20. The topological polar surface area (TPSA) is 47.0 Å². The Morgan fingerprint density at radius 3 is 2.58 bits per heavy atom. The number of aryl methyl sites for hydroxylation is 1. The normalized spacial score (nSPS) is 11.6. The fourth-order valence-electron chi connectivity index (χ4n) is 1.59. The summed E-state index contributed by atoms with van der Waals surface area (Å²) in [6.07, 6.45) is 5.30. The van der Waals surface area contributed by atoms with E-state index in [0.29, 0.717) is 12.6 Å². The highest BCUT2D eigenvalue weighted by atomic mass is 16.5. The Morgan fingerprint density at radius 2 is 2.00 bits per heavy atom. The van der Waals surface area contributed by atoms with Gasteiger partial charge < -0.3 is 10.1 Å². The van der Waals surface area contributed by atoms with E-state index in [2.05, 4.69) is 43.0 Å². The van der Waals surface area contributed by atoms with E-state index in [1.54, 1.807) is 0 Å². The van der Waals surface area contributed by atoms with Crippen LogP contribution < -0.4 is 10.1 Å². The monoisotopic (exact) mass is 265 g/mol. The van der Waals surface area contributed by atoms with Crippen molar-refractivity contribution in [2.24, 2.45) is 0 Å². The number of hydrogen-bond donors (Lipinski definition) is 1. The van der Waals surface area contributed by atoms with Gasteiger partial charge in [0.1, 0.15) is 0 Å². The van der Waals surface area contributed by atoms with Crippen molar-refractivity contribution < 1.29 is 4.74 Å². The van der Waals surface area contributed by atoms with Crippen LogP contribution in [-0.2, 0) is 6.54 Å². The molecule has 108 valence electrons. The molecule has 1 N–H and O–H groups in total. The molecule has 0 amide bonds. The van der Waals surface area contributed by atoms with E-state index in [0.717, 1.165) is 24.2 Å². The van der Waals surface area contributed by atoms with Crippen molar-refractivity contribution >= 4 is 0 Å². The summed E-state index contributed by atoms with van der Waals surface area (Å²) in [4.78, 5) is 8.66. The largest absolute Gasteiger partial charge is 0.463 e. The Hall–Kier alpha value is -1.16. The van der Waals surface area contributed by atoms with Crippen molar-refractivity contribution in [2.45, 2.75) is 66.0 Å². The Balaban J connectivity index is 2.49. The maximum atomic E-state index is 5.55. The third-order valence-electron chi connectivity index (χ3n) is 2.85. The van der Waals surface area contributed by atoms with Crippen LogP contribution in [0, 0.1) is 6.92 Å². The van der Waals surface area contributed by atoms with Gasteiger partial charge >= 0.3 is 6.01 Å². The number of unbranched alkanes of at least 4 members (excludes halogenated alkanes) is 2. The second-order valence-corrected chi connectivity index (χ2v) is 5.92. The first-order valence-electron chi connectivity index (χ1n) is 7.12. The third kappa shape index (κ3) is 6.53. The summed E-state index contributed by atoms with van der Waals surface area (Å²) < 4.78 is 5.55. The fraction of sp³-hybridized carbons (Fsp3) is 0.733. The summed E-state index contributed by atoms with van der Waals surface area (Å²) in [5, 5.41) is 3.44. The van der Waals surface area contributed by atoms with Crippen LogP contribution in [0.25, 0.3) is 0 Å². The molecule has 0 aliphatic rings. The molecule has 0 bridgehead atoms. The molecule has 4 heteroatoms.